The Morgan fingerprint density at radius 2 is 1.89 bits per heavy atom. The molecule has 18 heavy (non-hydrogen) atoms. The van der Waals surface area contributed by atoms with Crippen LogP contribution in [0.3, 0.4) is 0 Å². The highest BCUT2D eigenvalue weighted by Crippen LogP contribution is 2.11. The fraction of sp³-hybridized carbons (Fsp3) is 0.0714. The Balaban J connectivity index is 2.14. The lowest BCUT2D eigenvalue weighted by atomic mass is 10.1. The maximum atomic E-state index is 11.9. The molecule has 0 unspecified atom stereocenters. The van der Waals surface area contributed by atoms with E-state index in [1.165, 1.54) is 0 Å². The van der Waals surface area contributed by atoms with Gasteiger partial charge in [-0.05, 0) is 17.7 Å². The molecule has 0 aliphatic heterocycles. The van der Waals surface area contributed by atoms with E-state index in [2.05, 4.69) is 16.4 Å². The molecule has 0 radical (unpaired) electrons. The van der Waals surface area contributed by atoms with Crippen molar-refractivity contribution in [3.05, 3.63) is 66.0 Å². The molecule has 0 saturated heterocycles. The van der Waals surface area contributed by atoms with E-state index in [1.807, 2.05) is 18.2 Å². The number of nitriles is 1. The number of nitrogens with zero attached hydrogens (tertiary/aromatic N) is 2. The highest BCUT2D eigenvalue weighted by Gasteiger charge is 2.15. The van der Waals surface area contributed by atoms with Crippen molar-refractivity contribution in [2.45, 2.75) is 6.04 Å². The fourth-order valence-corrected chi connectivity index (χ4v) is 1.54. The fourth-order valence-electron chi connectivity index (χ4n) is 1.54. The first kappa shape index (κ1) is 11.8. The Bertz CT molecular complexity index is 561. The van der Waals surface area contributed by atoms with Gasteiger partial charge in [0.1, 0.15) is 11.7 Å². The summed E-state index contributed by atoms with van der Waals surface area (Å²) in [7, 11) is 0. The van der Waals surface area contributed by atoms with Gasteiger partial charge in [0, 0.05) is 6.20 Å². The van der Waals surface area contributed by atoms with Crippen molar-refractivity contribution in [1.82, 2.24) is 10.3 Å². The number of hydrogen-bond donors (Lipinski definition) is 1. The quantitative estimate of drug-likeness (QED) is 0.888. The van der Waals surface area contributed by atoms with E-state index in [9.17, 15) is 4.79 Å². The van der Waals surface area contributed by atoms with Crippen LogP contribution < -0.4 is 5.32 Å². The minimum Gasteiger partial charge on any atom is -0.331 e. The minimum atomic E-state index is -0.666. The first-order chi connectivity index (χ1) is 8.81. The lowest BCUT2D eigenvalue weighted by Gasteiger charge is -2.11. The van der Waals surface area contributed by atoms with E-state index >= 15 is 0 Å². The molecule has 0 aliphatic rings. The number of nitrogens with one attached hydrogen (secondary N) is 1. The van der Waals surface area contributed by atoms with Gasteiger partial charge in [0.05, 0.1) is 6.07 Å². The van der Waals surface area contributed by atoms with Crippen molar-refractivity contribution in [3.8, 4) is 6.07 Å². The van der Waals surface area contributed by atoms with Gasteiger partial charge in [0.2, 0.25) is 0 Å². The van der Waals surface area contributed by atoms with Crippen LogP contribution in [0.15, 0.2) is 54.7 Å². The highest BCUT2D eigenvalue weighted by molar-refractivity contribution is 5.92. The van der Waals surface area contributed by atoms with Crippen LogP contribution in [0.5, 0.6) is 0 Å². The highest BCUT2D eigenvalue weighted by atomic mass is 16.1. The van der Waals surface area contributed by atoms with Gasteiger partial charge < -0.3 is 5.32 Å². The molecular formula is C14H11N3O. The topological polar surface area (TPSA) is 65.8 Å². The van der Waals surface area contributed by atoms with Crippen LogP contribution in [0, 0.1) is 11.3 Å². The van der Waals surface area contributed by atoms with Crippen LogP contribution >= 0.6 is 0 Å². The van der Waals surface area contributed by atoms with E-state index in [-0.39, 0.29) is 5.91 Å². The SMILES string of the molecule is N#C[C@@H](NC(=O)c1ccccn1)c1ccccc1. The van der Waals surface area contributed by atoms with Crippen molar-refractivity contribution in [2.75, 3.05) is 0 Å². The van der Waals surface area contributed by atoms with Crippen molar-refractivity contribution < 1.29 is 4.79 Å². The smallest absolute Gasteiger partial charge is 0.271 e. The molecule has 2 aromatic rings. The van der Waals surface area contributed by atoms with Crippen molar-refractivity contribution in [1.29, 1.82) is 5.26 Å². The average molecular weight is 237 g/mol. The van der Waals surface area contributed by atoms with Crippen LogP contribution in [-0.4, -0.2) is 10.9 Å². The zero-order valence-corrected chi connectivity index (χ0v) is 9.58. The molecule has 0 saturated carbocycles. The molecular weight excluding hydrogens is 226 g/mol. The summed E-state index contributed by atoms with van der Waals surface area (Å²) in [5.74, 6) is -0.356. The largest absolute Gasteiger partial charge is 0.331 e. The van der Waals surface area contributed by atoms with E-state index < -0.39 is 6.04 Å². The molecule has 4 heteroatoms. The maximum Gasteiger partial charge on any atom is 0.271 e. The van der Waals surface area contributed by atoms with Crippen molar-refractivity contribution in [2.24, 2.45) is 0 Å². The third-order valence-corrected chi connectivity index (χ3v) is 2.43. The lowest BCUT2D eigenvalue weighted by Crippen LogP contribution is -2.28. The number of aromatic nitrogens is 1. The molecule has 0 spiro atoms. The molecule has 1 aromatic heterocycles. The van der Waals surface area contributed by atoms with Gasteiger partial charge in [-0.1, -0.05) is 36.4 Å². The van der Waals surface area contributed by atoms with Crippen molar-refractivity contribution >= 4 is 5.91 Å². The summed E-state index contributed by atoms with van der Waals surface area (Å²) in [5.41, 5.74) is 1.05. The number of carbonyl (C=O) groups excluding carboxylic acids is 1. The van der Waals surface area contributed by atoms with E-state index in [0.717, 1.165) is 5.56 Å². The molecule has 2 rings (SSSR count). The maximum absolute atomic E-state index is 11.9. The number of benzene rings is 1. The number of amides is 1. The van der Waals surface area contributed by atoms with E-state index in [0.29, 0.717) is 5.69 Å². The molecule has 0 aliphatic carbocycles. The van der Waals surface area contributed by atoms with Crippen LogP contribution in [0.4, 0.5) is 0 Å². The number of carbonyl (C=O) groups is 1. The molecule has 0 fully saturated rings. The number of pyridine rings is 1. The van der Waals surface area contributed by atoms with Gasteiger partial charge in [0.25, 0.3) is 5.91 Å². The molecule has 1 aromatic carbocycles. The Kier molecular flexibility index (Phi) is 3.67. The first-order valence-electron chi connectivity index (χ1n) is 5.47. The van der Waals surface area contributed by atoms with Crippen LogP contribution in [0.25, 0.3) is 0 Å². The van der Waals surface area contributed by atoms with Gasteiger partial charge in [-0.3, -0.25) is 9.78 Å². The second kappa shape index (κ2) is 5.60. The Hall–Kier alpha value is -2.67. The molecule has 1 N–H and O–H groups in total. The summed E-state index contributed by atoms with van der Waals surface area (Å²) >= 11 is 0. The number of rotatable bonds is 3. The van der Waals surface area contributed by atoms with Gasteiger partial charge in [-0.25, -0.2) is 0 Å². The summed E-state index contributed by atoms with van der Waals surface area (Å²) in [6, 6.07) is 15.6. The predicted octanol–water partition coefficient (Wildman–Crippen LogP) is 2.08. The lowest BCUT2D eigenvalue weighted by molar-refractivity contribution is 0.0940. The number of hydrogen-bond acceptors (Lipinski definition) is 3. The Morgan fingerprint density at radius 1 is 1.17 bits per heavy atom. The van der Waals surface area contributed by atoms with E-state index in [1.54, 1.807) is 36.5 Å². The third kappa shape index (κ3) is 2.71. The van der Waals surface area contributed by atoms with Gasteiger partial charge in [-0.2, -0.15) is 5.26 Å². The molecule has 1 atom stereocenters. The van der Waals surface area contributed by atoms with Crippen molar-refractivity contribution in [3.63, 3.8) is 0 Å². The Morgan fingerprint density at radius 3 is 2.50 bits per heavy atom. The van der Waals surface area contributed by atoms with E-state index in [4.69, 9.17) is 5.26 Å². The monoisotopic (exact) mass is 237 g/mol. The summed E-state index contributed by atoms with van der Waals surface area (Å²) in [6.07, 6.45) is 1.54. The molecule has 1 heterocycles. The average Bonchev–Trinajstić information content (AvgIpc) is 2.46. The summed E-state index contributed by atoms with van der Waals surface area (Å²) < 4.78 is 0. The Labute approximate surface area is 105 Å². The first-order valence-corrected chi connectivity index (χ1v) is 5.47. The second-order valence-corrected chi connectivity index (χ2v) is 3.66. The molecule has 88 valence electrons. The standard InChI is InChI=1S/C14H11N3O/c15-10-13(11-6-2-1-3-7-11)17-14(18)12-8-4-5-9-16-12/h1-9,13H,(H,17,18)/t13-/m1/s1. The zero-order valence-electron chi connectivity index (χ0n) is 9.58. The molecule has 0 bridgehead atoms. The predicted molar refractivity (Wildman–Crippen MR) is 66.5 cm³/mol. The van der Waals surface area contributed by atoms with Gasteiger partial charge >= 0.3 is 0 Å². The third-order valence-electron chi connectivity index (χ3n) is 2.43. The van der Waals surface area contributed by atoms with Gasteiger partial charge in [-0.15, -0.1) is 0 Å². The summed E-state index contributed by atoms with van der Waals surface area (Å²) in [5, 5.41) is 11.7. The summed E-state index contributed by atoms with van der Waals surface area (Å²) in [6.45, 7) is 0. The van der Waals surface area contributed by atoms with Crippen LogP contribution in [-0.2, 0) is 0 Å². The minimum absolute atomic E-state index is 0.300. The van der Waals surface area contributed by atoms with Gasteiger partial charge in [0.15, 0.2) is 0 Å². The van der Waals surface area contributed by atoms with Crippen LogP contribution in [0.2, 0.25) is 0 Å². The molecule has 4 nitrogen and oxygen atoms in total. The zero-order chi connectivity index (χ0) is 12.8. The summed E-state index contributed by atoms with van der Waals surface area (Å²) in [4.78, 5) is 15.8. The normalized spacial score (nSPS) is 11.3. The second-order valence-electron chi connectivity index (χ2n) is 3.66. The molecule has 1 amide bonds. The van der Waals surface area contributed by atoms with Crippen LogP contribution in [0.1, 0.15) is 22.1 Å².